The average Bonchev–Trinajstić information content (AvgIpc) is 2.52. The highest BCUT2D eigenvalue weighted by atomic mass is 32.1. The highest BCUT2D eigenvalue weighted by Crippen LogP contribution is 2.22. The minimum Gasteiger partial charge on any atom is -0.332 e. The topological polar surface area (TPSA) is 127 Å². The van der Waals surface area contributed by atoms with Crippen molar-refractivity contribution in [1.82, 2.24) is 5.32 Å². The molecule has 2 N–H and O–H groups in total. The molecule has 2 rings (SSSR count). The van der Waals surface area contributed by atoms with Crippen LogP contribution in [0.4, 0.5) is 17.1 Å². The fraction of sp³-hybridized carbons (Fsp3) is 0.125. The molecule has 0 fully saturated rings. The SMILES string of the molecule is Cc1cc(C)cc(NC(=S)NC(=O)c2cc([N+](=O)[O-])cc([N+](=O)[O-])c2)c1. The molecule has 10 heteroatoms. The van der Waals surface area contributed by atoms with Crippen LogP contribution in [-0.2, 0) is 0 Å². The molecule has 1 amide bonds. The number of nitrogens with one attached hydrogen (secondary N) is 2. The van der Waals surface area contributed by atoms with Gasteiger partial charge in [0, 0.05) is 17.8 Å². The van der Waals surface area contributed by atoms with Gasteiger partial charge in [-0.1, -0.05) is 6.07 Å². The third kappa shape index (κ3) is 4.80. The third-order valence-corrected chi connectivity index (χ3v) is 3.50. The maximum atomic E-state index is 12.2. The summed E-state index contributed by atoms with van der Waals surface area (Å²) in [5.74, 6) is -0.793. The number of carbonyl (C=O) groups is 1. The molecule has 0 unspecified atom stereocenters. The molecule has 0 aromatic heterocycles. The van der Waals surface area contributed by atoms with E-state index >= 15 is 0 Å². The van der Waals surface area contributed by atoms with E-state index in [9.17, 15) is 25.0 Å². The van der Waals surface area contributed by atoms with Crippen LogP contribution in [0.1, 0.15) is 21.5 Å². The zero-order valence-corrected chi connectivity index (χ0v) is 14.6. The second kappa shape index (κ2) is 7.66. The van der Waals surface area contributed by atoms with E-state index in [1.807, 2.05) is 32.0 Å². The lowest BCUT2D eigenvalue weighted by Gasteiger charge is -2.11. The number of nitrogens with zero attached hydrogens (tertiary/aromatic N) is 2. The Morgan fingerprint density at radius 2 is 1.42 bits per heavy atom. The number of rotatable bonds is 4. The van der Waals surface area contributed by atoms with E-state index < -0.39 is 27.1 Å². The first-order chi connectivity index (χ1) is 12.2. The lowest BCUT2D eigenvalue weighted by atomic mass is 10.1. The lowest BCUT2D eigenvalue weighted by Crippen LogP contribution is -2.34. The first-order valence-electron chi connectivity index (χ1n) is 7.30. The third-order valence-electron chi connectivity index (χ3n) is 3.29. The summed E-state index contributed by atoms with van der Waals surface area (Å²) in [6.07, 6.45) is 0. The number of nitro groups is 2. The Morgan fingerprint density at radius 1 is 0.923 bits per heavy atom. The second-order valence-electron chi connectivity index (χ2n) is 5.54. The summed E-state index contributed by atoms with van der Waals surface area (Å²) >= 11 is 5.06. The number of aryl methyl sites for hydroxylation is 2. The van der Waals surface area contributed by atoms with Crippen LogP contribution in [-0.4, -0.2) is 20.9 Å². The van der Waals surface area contributed by atoms with Crippen molar-refractivity contribution in [3.8, 4) is 0 Å². The van der Waals surface area contributed by atoms with Crippen molar-refractivity contribution < 1.29 is 14.6 Å². The van der Waals surface area contributed by atoms with Crippen LogP contribution in [0.25, 0.3) is 0 Å². The van der Waals surface area contributed by atoms with E-state index in [1.165, 1.54) is 0 Å². The number of benzene rings is 2. The van der Waals surface area contributed by atoms with Crippen molar-refractivity contribution in [2.75, 3.05) is 5.32 Å². The average molecular weight is 374 g/mol. The largest absolute Gasteiger partial charge is 0.332 e. The maximum Gasteiger partial charge on any atom is 0.277 e. The van der Waals surface area contributed by atoms with Gasteiger partial charge in [0.25, 0.3) is 17.3 Å². The first kappa shape index (κ1) is 18.9. The highest BCUT2D eigenvalue weighted by molar-refractivity contribution is 7.80. The smallest absolute Gasteiger partial charge is 0.277 e. The van der Waals surface area contributed by atoms with E-state index in [0.29, 0.717) is 5.69 Å². The second-order valence-corrected chi connectivity index (χ2v) is 5.95. The number of amides is 1. The Hall–Kier alpha value is -3.40. The molecule has 9 nitrogen and oxygen atoms in total. The normalized spacial score (nSPS) is 10.1. The molecule has 0 saturated heterocycles. The van der Waals surface area contributed by atoms with Gasteiger partial charge >= 0.3 is 0 Å². The van der Waals surface area contributed by atoms with Gasteiger partial charge in [-0.2, -0.15) is 0 Å². The number of nitro benzene ring substituents is 2. The molecule has 134 valence electrons. The Labute approximate surface area is 153 Å². The number of carbonyl (C=O) groups excluding carboxylic acids is 1. The van der Waals surface area contributed by atoms with Crippen LogP contribution >= 0.6 is 12.2 Å². The fourth-order valence-corrected chi connectivity index (χ4v) is 2.53. The molecule has 0 aliphatic carbocycles. The predicted molar refractivity (Wildman–Crippen MR) is 99.4 cm³/mol. The summed E-state index contributed by atoms with van der Waals surface area (Å²) in [6, 6.07) is 8.29. The van der Waals surface area contributed by atoms with Crippen molar-refractivity contribution in [1.29, 1.82) is 0 Å². The molecule has 0 saturated carbocycles. The van der Waals surface area contributed by atoms with Crippen LogP contribution < -0.4 is 10.6 Å². The van der Waals surface area contributed by atoms with Crippen molar-refractivity contribution in [2.45, 2.75) is 13.8 Å². The molecule has 2 aromatic rings. The Morgan fingerprint density at radius 3 is 1.88 bits per heavy atom. The molecular formula is C16H14N4O5S. The van der Waals surface area contributed by atoms with Gasteiger partial charge < -0.3 is 5.32 Å². The van der Waals surface area contributed by atoms with Gasteiger partial charge in [-0.25, -0.2) is 0 Å². The molecule has 0 spiro atoms. The lowest BCUT2D eigenvalue weighted by molar-refractivity contribution is -0.394. The molecule has 0 aliphatic rings. The van der Waals surface area contributed by atoms with Crippen molar-refractivity contribution in [3.63, 3.8) is 0 Å². The predicted octanol–water partition coefficient (Wildman–Crippen LogP) is 3.25. The molecule has 0 bridgehead atoms. The summed E-state index contributed by atoms with van der Waals surface area (Å²) < 4.78 is 0. The maximum absolute atomic E-state index is 12.2. The Balaban J connectivity index is 2.19. The fourth-order valence-electron chi connectivity index (χ4n) is 2.32. The number of thiocarbonyl (C=S) groups is 1. The van der Waals surface area contributed by atoms with E-state index in [0.717, 1.165) is 29.3 Å². The van der Waals surface area contributed by atoms with Gasteiger partial charge in [0.2, 0.25) is 0 Å². The number of non-ortho nitro benzene ring substituents is 2. The van der Waals surface area contributed by atoms with Crippen LogP contribution in [0.5, 0.6) is 0 Å². The van der Waals surface area contributed by atoms with Gasteiger partial charge in [-0.15, -0.1) is 0 Å². The van der Waals surface area contributed by atoms with Gasteiger partial charge in [0.05, 0.1) is 21.5 Å². The van der Waals surface area contributed by atoms with Crippen molar-refractivity contribution in [2.24, 2.45) is 0 Å². The molecule has 0 atom stereocenters. The van der Waals surface area contributed by atoms with E-state index in [4.69, 9.17) is 12.2 Å². The summed E-state index contributed by atoms with van der Waals surface area (Å²) in [6.45, 7) is 3.81. The minimum absolute atomic E-state index is 0.0332. The van der Waals surface area contributed by atoms with Crippen molar-refractivity contribution >= 4 is 40.3 Å². The minimum atomic E-state index is -0.810. The highest BCUT2D eigenvalue weighted by Gasteiger charge is 2.20. The standard InChI is InChI=1S/C16H14N4O5S/c1-9-3-10(2)5-12(4-9)17-16(26)18-15(21)11-6-13(19(22)23)8-14(7-11)20(24)25/h3-8H,1-2H3,(H2,17,18,21,26). The van der Waals surface area contributed by atoms with Crippen LogP contribution in [0, 0.1) is 34.1 Å². The molecule has 2 aromatic carbocycles. The molecule has 0 aliphatic heterocycles. The zero-order valence-electron chi connectivity index (χ0n) is 13.8. The number of anilines is 1. The molecule has 0 heterocycles. The van der Waals surface area contributed by atoms with Gasteiger partial charge in [-0.3, -0.25) is 30.3 Å². The molecular weight excluding hydrogens is 360 g/mol. The Kier molecular flexibility index (Phi) is 5.58. The van der Waals surface area contributed by atoms with Gasteiger partial charge in [-0.05, 0) is 49.3 Å². The number of hydrogen-bond donors (Lipinski definition) is 2. The van der Waals surface area contributed by atoms with Crippen LogP contribution in [0.2, 0.25) is 0 Å². The summed E-state index contributed by atoms with van der Waals surface area (Å²) in [5.41, 5.74) is 1.30. The monoisotopic (exact) mass is 374 g/mol. The summed E-state index contributed by atoms with van der Waals surface area (Å²) in [4.78, 5) is 32.4. The van der Waals surface area contributed by atoms with Crippen LogP contribution in [0.3, 0.4) is 0 Å². The quantitative estimate of drug-likeness (QED) is 0.477. The van der Waals surface area contributed by atoms with E-state index in [1.54, 1.807) is 0 Å². The summed E-state index contributed by atoms with van der Waals surface area (Å²) in [5, 5.41) is 26.9. The van der Waals surface area contributed by atoms with E-state index in [2.05, 4.69) is 10.6 Å². The zero-order chi connectivity index (χ0) is 19.4. The van der Waals surface area contributed by atoms with Gasteiger partial charge in [0.15, 0.2) is 5.11 Å². The summed E-state index contributed by atoms with van der Waals surface area (Å²) in [7, 11) is 0. The number of hydrogen-bond acceptors (Lipinski definition) is 6. The molecule has 26 heavy (non-hydrogen) atoms. The first-order valence-corrected chi connectivity index (χ1v) is 7.71. The van der Waals surface area contributed by atoms with Crippen LogP contribution in [0.15, 0.2) is 36.4 Å². The Bertz CT molecular complexity index is 876. The van der Waals surface area contributed by atoms with E-state index in [-0.39, 0.29) is 10.7 Å². The molecule has 0 radical (unpaired) electrons. The van der Waals surface area contributed by atoms with Crippen molar-refractivity contribution in [3.05, 3.63) is 73.3 Å². The van der Waals surface area contributed by atoms with Gasteiger partial charge in [0.1, 0.15) is 0 Å².